The largest absolute Gasteiger partial charge is 0.310 e. The first-order chi connectivity index (χ1) is 65.9. The molecule has 0 saturated heterocycles. The van der Waals surface area contributed by atoms with Crippen molar-refractivity contribution < 1.29 is 0 Å². The molecule has 0 radical (unpaired) electrons. The van der Waals surface area contributed by atoms with Crippen LogP contribution in [-0.2, 0) is 16.2 Å². The first-order valence-corrected chi connectivity index (χ1v) is 46.0. The summed E-state index contributed by atoms with van der Waals surface area (Å²) in [5, 5.41) is 0. The fourth-order valence-electron chi connectivity index (χ4n) is 21.4. The lowest BCUT2D eigenvalue weighted by Crippen LogP contribution is -2.28. The lowest BCUT2D eigenvalue weighted by Gasteiger charge is -2.34. The first kappa shape index (κ1) is 81.8. The highest BCUT2D eigenvalue weighted by Gasteiger charge is 2.50. The van der Waals surface area contributed by atoms with Gasteiger partial charge in [0.15, 0.2) is 0 Å². The average Bonchev–Trinajstić information content (AvgIpc) is 1.52. The van der Waals surface area contributed by atoms with Gasteiger partial charge in [-0.3, -0.25) is 0 Å². The van der Waals surface area contributed by atoms with Crippen LogP contribution in [-0.4, -0.2) is 0 Å². The molecule has 0 bridgehead atoms. The third-order valence-electron chi connectivity index (χ3n) is 27.3. The minimum Gasteiger partial charge on any atom is -0.310 e. The zero-order valence-electron chi connectivity index (χ0n) is 74.0. The van der Waals surface area contributed by atoms with Crippen molar-refractivity contribution in [3.05, 3.63) is 619 Å². The zero-order chi connectivity index (χ0) is 88.9. The van der Waals surface area contributed by atoms with E-state index in [2.05, 4.69) is 580 Å². The van der Waals surface area contributed by atoms with Crippen molar-refractivity contribution in [1.29, 1.82) is 0 Å². The number of anilines is 9. The van der Waals surface area contributed by atoms with Gasteiger partial charge in [0.1, 0.15) is 0 Å². The van der Waals surface area contributed by atoms with E-state index in [4.69, 9.17) is 0 Å². The van der Waals surface area contributed by atoms with Crippen molar-refractivity contribution in [3.63, 3.8) is 0 Å². The van der Waals surface area contributed by atoms with Crippen LogP contribution in [0, 0.1) is 0 Å². The summed E-state index contributed by atoms with van der Waals surface area (Å²) in [7, 11) is 0. The predicted octanol–water partition coefficient (Wildman–Crippen LogP) is 34.2. The predicted molar refractivity (Wildman–Crippen MR) is 557 cm³/mol. The standard InChI is InChI=1S/2C49H35N.C32H25N/c1-5-18-36(19-6-1)37-32-34-41(35-33-37)50(46-30-16-14-26-42(46)38-20-7-2-8-21-38)47-31-17-29-45-48(47)43-27-13-15-28-44(43)49(45,39-22-9-3-10-23-39)40-24-11-4-12-25-40;1-5-16-36(17-6-1)38-28-32-42(33-29-38)50(43-34-30-39(31-35-43)37-18-7-2-8-19-37)47-27-15-26-46-48(47)44-24-13-14-25-45(44)49(46,40-20-9-3-10-21-40)41-22-11-4-12-23-41;1-32(24-14-5-2-6-15-24)28-21-12-11-20-27(28)31-29(32)22-13-23-30(31)33(25-16-7-3-8-17-25)26-18-9-4-10-19-26/h2*1-35H;2-23H,1H3. The van der Waals surface area contributed by atoms with Crippen molar-refractivity contribution in [1.82, 2.24) is 0 Å². The maximum absolute atomic E-state index is 2.47. The summed E-state index contributed by atoms with van der Waals surface area (Å²) < 4.78 is 0. The molecule has 21 aromatic rings. The molecule has 1 atom stereocenters. The van der Waals surface area contributed by atoms with Crippen molar-refractivity contribution >= 4 is 51.2 Å². The van der Waals surface area contributed by atoms with Crippen molar-refractivity contribution in [2.75, 3.05) is 14.7 Å². The van der Waals surface area contributed by atoms with E-state index in [0.717, 1.165) is 45.5 Å². The average molecular weight is 1700 g/mol. The minimum absolute atomic E-state index is 0.206. The molecule has 0 aromatic heterocycles. The molecule has 24 rings (SSSR count). The van der Waals surface area contributed by atoms with Crippen molar-refractivity contribution in [3.8, 4) is 77.9 Å². The second-order valence-electron chi connectivity index (χ2n) is 34.5. The van der Waals surface area contributed by atoms with Gasteiger partial charge >= 0.3 is 0 Å². The Bertz CT molecular complexity index is 7410. The zero-order valence-corrected chi connectivity index (χ0v) is 74.0. The highest BCUT2D eigenvalue weighted by Crippen LogP contribution is 2.63. The molecule has 3 aliphatic rings. The van der Waals surface area contributed by atoms with Crippen LogP contribution in [0.15, 0.2) is 558 Å². The maximum Gasteiger partial charge on any atom is 0.0714 e. The summed E-state index contributed by atoms with van der Waals surface area (Å²) in [5.74, 6) is 0. The van der Waals surface area contributed by atoms with Gasteiger partial charge in [-0.05, 0) is 209 Å². The smallest absolute Gasteiger partial charge is 0.0714 e. The summed E-state index contributed by atoms with van der Waals surface area (Å²) >= 11 is 0. The molecule has 0 N–H and O–H groups in total. The van der Waals surface area contributed by atoms with Crippen molar-refractivity contribution in [2.24, 2.45) is 0 Å². The lowest BCUT2D eigenvalue weighted by atomic mass is 9.68. The molecular weight excluding hydrogens is 1600 g/mol. The molecule has 630 valence electrons. The van der Waals surface area contributed by atoms with E-state index in [0.29, 0.717) is 0 Å². The summed E-state index contributed by atoms with van der Waals surface area (Å²) in [6.45, 7) is 2.37. The molecule has 0 aliphatic heterocycles. The van der Waals surface area contributed by atoms with Crippen LogP contribution in [0.5, 0.6) is 0 Å². The van der Waals surface area contributed by atoms with E-state index in [1.165, 1.54) is 145 Å². The molecule has 0 heterocycles. The van der Waals surface area contributed by atoms with E-state index in [-0.39, 0.29) is 5.41 Å². The number of hydrogen-bond donors (Lipinski definition) is 0. The van der Waals surface area contributed by atoms with Crippen LogP contribution in [0.2, 0.25) is 0 Å². The first-order valence-electron chi connectivity index (χ1n) is 46.0. The Hall–Kier alpha value is -17.0. The SMILES string of the molecule is CC1(c2ccccc2)c2ccccc2-c2c(N(c3ccccc3)c3ccccc3)cccc21.c1ccc(-c2ccc(N(c3ccc(-c4ccccc4)cc3)c3cccc4c3-c3ccccc3C4(c3ccccc3)c3ccccc3)cc2)cc1.c1ccc(-c2ccc(N(c3ccccc3-c3ccccc3)c3cccc4c3-c3ccccc3C4(c3ccccc3)c3ccccc3)cc2)cc1. The van der Waals surface area contributed by atoms with Gasteiger partial charge in [-0.1, -0.05) is 473 Å². The molecule has 0 spiro atoms. The number of nitrogens with zero attached hydrogens (tertiary/aromatic N) is 3. The molecule has 21 aromatic carbocycles. The molecule has 0 saturated carbocycles. The van der Waals surface area contributed by atoms with E-state index in [9.17, 15) is 0 Å². The second kappa shape index (κ2) is 35.9. The van der Waals surface area contributed by atoms with Crippen LogP contribution in [0.3, 0.4) is 0 Å². The van der Waals surface area contributed by atoms with Crippen molar-refractivity contribution in [2.45, 2.75) is 23.2 Å². The van der Waals surface area contributed by atoms with Crippen LogP contribution in [0.4, 0.5) is 51.2 Å². The minimum atomic E-state index is -0.480. The van der Waals surface area contributed by atoms with Gasteiger partial charge in [0.05, 0.1) is 33.6 Å². The number of hydrogen-bond acceptors (Lipinski definition) is 3. The molecule has 1 unspecified atom stereocenters. The Morgan fingerprint density at radius 2 is 0.353 bits per heavy atom. The van der Waals surface area contributed by atoms with Gasteiger partial charge in [-0.2, -0.15) is 0 Å². The highest BCUT2D eigenvalue weighted by molar-refractivity contribution is 6.02. The highest BCUT2D eigenvalue weighted by atomic mass is 15.2. The Morgan fingerprint density at radius 3 is 0.707 bits per heavy atom. The van der Waals surface area contributed by atoms with Gasteiger partial charge in [-0.15, -0.1) is 0 Å². The second-order valence-corrected chi connectivity index (χ2v) is 34.5. The molecule has 3 nitrogen and oxygen atoms in total. The van der Waals surface area contributed by atoms with Gasteiger partial charge in [0.2, 0.25) is 0 Å². The van der Waals surface area contributed by atoms with Crippen LogP contribution < -0.4 is 14.7 Å². The topological polar surface area (TPSA) is 9.72 Å². The molecule has 133 heavy (non-hydrogen) atoms. The van der Waals surface area contributed by atoms with Gasteiger partial charge in [0, 0.05) is 56.1 Å². The Labute approximate surface area is 780 Å². The van der Waals surface area contributed by atoms with Crippen LogP contribution >= 0.6 is 0 Å². The third kappa shape index (κ3) is 14.6. The number of para-hydroxylation sites is 3. The Morgan fingerprint density at radius 1 is 0.135 bits per heavy atom. The molecule has 0 fully saturated rings. The van der Waals surface area contributed by atoms with Gasteiger partial charge in [-0.25, -0.2) is 0 Å². The van der Waals surface area contributed by atoms with Gasteiger partial charge < -0.3 is 14.7 Å². The normalized spacial score (nSPS) is 13.5. The Balaban J connectivity index is 0.000000119. The fraction of sp³-hybridized carbons (Fsp3) is 0.0308. The van der Waals surface area contributed by atoms with E-state index in [1.807, 2.05) is 0 Å². The van der Waals surface area contributed by atoms with E-state index >= 15 is 0 Å². The summed E-state index contributed by atoms with van der Waals surface area (Å²) in [5.41, 5.74) is 40.7. The molecule has 0 amide bonds. The summed E-state index contributed by atoms with van der Waals surface area (Å²) in [4.78, 5) is 7.29. The lowest BCUT2D eigenvalue weighted by molar-refractivity contribution is 0.714. The third-order valence-corrected chi connectivity index (χ3v) is 27.3. The van der Waals surface area contributed by atoms with E-state index < -0.39 is 10.8 Å². The van der Waals surface area contributed by atoms with Gasteiger partial charge in [0.25, 0.3) is 0 Å². The molecular formula is C130H95N3. The molecule has 3 aliphatic carbocycles. The number of rotatable bonds is 18. The number of fused-ring (bicyclic) bond motifs is 9. The van der Waals surface area contributed by atoms with Crippen LogP contribution in [0.1, 0.15) is 68.1 Å². The summed E-state index contributed by atoms with van der Waals surface area (Å²) in [6, 6.07) is 202. The maximum atomic E-state index is 2.47. The summed E-state index contributed by atoms with van der Waals surface area (Å²) in [6.07, 6.45) is 0. The fourth-order valence-corrected chi connectivity index (χ4v) is 21.4. The number of benzene rings is 21. The van der Waals surface area contributed by atoms with E-state index in [1.54, 1.807) is 0 Å². The monoisotopic (exact) mass is 1700 g/mol. The quantitative estimate of drug-likeness (QED) is 0.0848. The molecule has 3 heteroatoms. The van der Waals surface area contributed by atoms with Crippen LogP contribution in [0.25, 0.3) is 77.9 Å². The Kier molecular flexibility index (Phi) is 22.1.